The van der Waals surface area contributed by atoms with Gasteiger partial charge in [-0.3, -0.25) is 9.59 Å². The van der Waals surface area contributed by atoms with Gasteiger partial charge in [0.2, 0.25) is 0 Å². The van der Waals surface area contributed by atoms with Crippen molar-refractivity contribution >= 4 is 34.1 Å². The highest BCUT2D eigenvalue weighted by atomic mass is 16.5. The average molecular weight is 479 g/mol. The van der Waals surface area contributed by atoms with E-state index in [1.165, 1.54) is 0 Å². The first kappa shape index (κ1) is 22.4. The molecular weight excluding hydrogens is 456 g/mol. The van der Waals surface area contributed by atoms with E-state index in [1.54, 1.807) is 0 Å². The number of ether oxygens (including phenoxy) is 1. The number of rotatable bonds is 6. The highest BCUT2D eigenvalue weighted by Gasteiger charge is 2.17. The van der Waals surface area contributed by atoms with Crippen LogP contribution in [0.5, 0.6) is 11.5 Å². The molecule has 0 fully saturated rings. The maximum absolute atomic E-state index is 11.3. The molecule has 6 rings (SSSR count). The minimum absolute atomic E-state index is 0.627. The molecule has 0 aliphatic heterocycles. The molecule has 37 heavy (non-hydrogen) atoms. The summed E-state index contributed by atoms with van der Waals surface area (Å²) in [6.45, 7) is 0. The SMILES string of the molecule is O=Cc1ccc(-c2c(Oc3ccc4ccccc4c3-c3ccc(C=O)cc3)ccc3ccccc23)cc1. The van der Waals surface area contributed by atoms with E-state index in [4.69, 9.17) is 4.74 Å². The van der Waals surface area contributed by atoms with Gasteiger partial charge in [-0.25, -0.2) is 0 Å². The molecule has 0 bridgehead atoms. The van der Waals surface area contributed by atoms with Crippen molar-refractivity contribution in [3.8, 4) is 33.8 Å². The molecule has 0 saturated heterocycles. The Kier molecular flexibility index (Phi) is 5.80. The summed E-state index contributed by atoms with van der Waals surface area (Å²) >= 11 is 0. The Morgan fingerprint density at radius 3 is 1.24 bits per heavy atom. The van der Waals surface area contributed by atoms with Crippen LogP contribution < -0.4 is 4.74 Å². The minimum atomic E-state index is 0.627. The number of aldehydes is 2. The van der Waals surface area contributed by atoms with Gasteiger partial charge in [0.05, 0.1) is 0 Å². The number of carbonyl (C=O) groups is 2. The molecular formula is C34H22O3. The summed E-state index contributed by atoms with van der Waals surface area (Å²) in [6, 6.07) is 39.7. The lowest BCUT2D eigenvalue weighted by molar-refractivity contribution is 0.111. The standard InChI is InChI=1S/C34H22O3/c35-21-23-9-13-27(14-10-23)33-29-7-3-1-5-25(29)17-19-31(33)37-32-20-18-26-6-2-4-8-30(26)34(32)28-15-11-24(22-36)12-16-28/h1-22H. The van der Waals surface area contributed by atoms with Crippen molar-refractivity contribution in [3.05, 3.63) is 132 Å². The van der Waals surface area contributed by atoms with Crippen molar-refractivity contribution in [1.82, 2.24) is 0 Å². The Bertz CT molecular complexity index is 1630. The van der Waals surface area contributed by atoms with Crippen LogP contribution in [-0.2, 0) is 0 Å². The van der Waals surface area contributed by atoms with E-state index < -0.39 is 0 Å². The topological polar surface area (TPSA) is 43.4 Å². The third kappa shape index (κ3) is 4.17. The smallest absolute Gasteiger partial charge is 0.150 e. The van der Waals surface area contributed by atoms with Crippen molar-refractivity contribution in [2.24, 2.45) is 0 Å². The minimum Gasteiger partial charge on any atom is -0.456 e. The number of carbonyl (C=O) groups excluding carboxylic acids is 2. The first-order valence-corrected chi connectivity index (χ1v) is 12.1. The summed E-state index contributed by atoms with van der Waals surface area (Å²) in [4.78, 5) is 22.5. The lowest BCUT2D eigenvalue weighted by atomic mass is 9.95. The van der Waals surface area contributed by atoms with E-state index in [0.717, 1.165) is 67.9 Å². The van der Waals surface area contributed by atoms with Crippen molar-refractivity contribution in [2.45, 2.75) is 0 Å². The molecule has 6 aromatic rings. The van der Waals surface area contributed by atoms with E-state index in [9.17, 15) is 9.59 Å². The summed E-state index contributed by atoms with van der Waals surface area (Å²) in [7, 11) is 0. The molecule has 0 spiro atoms. The van der Waals surface area contributed by atoms with E-state index in [2.05, 4.69) is 36.4 Å². The zero-order chi connectivity index (χ0) is 25.2. The molecule has 0 atom stereocenters. The number of hydrogen-bond acceptors (Lipinski definition) is 3. The fourth-order valence-electron chi connectivity index (χ4n) is 4.84. The van der Waals surface area contributed by atoms with Gasteiger partial charge in [0.25, 0.3) is 0 Å². The number of hydrogen-bond donors (Lipinski definition) is 0. The van der Waals surface area contributed by atoms with Gasteiger partial charge in [-0.05, 0) is 44.8 Å². The molecule has 0 aliphatic carbocycles. The quantitative estimate of drug-likeness (QED) is 0.225. The Labute approximate surface area is 214 Å². The Hall–Kier alpha value is -5.02. The Balaban J connectivity index is 1.57. The van der Waals surface area contributed by atoms with Gasteiger partial charge in [0.15, 0.2) is 0 Å². The first-order valence-electron chi connectivity index (χ1n) is 12.1. The molecule has 0 unspecified atom stereocenters. The predicted octanol–water partition coefficient (Wildman–Crippen LogP) is 8.74. The van der Waals surface area contributed by atoms with Gasteiger partial charge in [0.1, 0.15) is 24.1 Å². The molecule has 6 aromatic carbocycles. The van der Waals surface area contributed by atoms with Gasteiger partial charge >= 0.3 is 0 Å². The van der Waals surface area contributed by atoms with Crippen LogP contribution in [0.15, 0.2) is 121 Å². The molecule has 0 heterocycles. The van der Waals surface area contributed by atoms with Crippen molar-refractivity contribution in [1.29, 1.82) is 0 Å². The molecule has 0 amide bonds. The molecule has 176 valence electrons. The summed E-state index contributed by atoms with van der Waals surface area (Å²) in [5, 5.41) is 4.34. The Morgan fingerprint density at radius 1 is 0.432 bits per heavy atom. The monoisotopic (exact) mass is 478 g/mol. The van der Waals surface area contributed by atoms with Crippen LogP contribution in [0.3, 0.4) is 0 Å². The average Bonchev–Trinajstić information content (AvgIpc) is 2.97. The molecule has 0 aliphatic rings. The van der Waals surface area contributed by atoms with Crippen LogP contribution in [-0.4, -0.2) is 12.6 Å². The third-order valence-corrected chi connectivity index (χ3v) is 6.67. The van der Waals surface area contributed by atoms with Crippen LogP contribution in [0.2, 0.25) is 0 Å². The van der Waals surface area contributed by atoms with Gasteiger partial charge in [0, 0.05) is 22.3 Å². The van der Waals surface area contributed by atoms with E-state index in [1.807, 2.05) is 84.9 Å². The van der Waals surface area contributed by atoms with Crippen LogP contribution in [0.1, 0.15) is 20.7 Å². The lowest BCUT2D eigenvalue weighted by Gasteiger charge is -2.18. The highest BCUT2D eigenvalue weighted by Crippen LogP contribution is 2.44. The molecule has 3 nitrogen and oxygen atoms in total. The lowest BCUT2D eigenvalue weighted by Crippen LogP contribution is -1.94. The molecule has 0 radical (unpaired) electrons. The van der Waals surface area contributed by atoms with Crippen LogP contribution in [0, 0.1) is 0 Å². The number of fused-ring (bicyclic) bond motifs is 2. The second-order valence-electron chi connectivity index (χ2n) is 8.90. The van der Waals surface area contributed by atoms with Gasteiger partial charge in [-0.15, -0.1) is 0 Å². The first-order chi connectivity index (χ1) is 18.2. The van der Waals surface area contributed by atoms with Crippen molar-refractivity contribution < 1.29 is 14.3 Å². The molecule has 0 saturated carbocycles. The summed E-state index contributed by atoms with van der Waals surface area (Å²) in [6.07, 6.45) is 1.70. The zero-order valence-corrected chi connectivity index (χ0v) is 19.9. The maximum atomic E-state index is 11.3. The second kappa shape index (κ2) is 9.56. The van der Waals surface area contributed by atoms with Gasteiger partial charge in [-0.2, -0.15) is 0 Å². The zero-order valence-electron chi connectivity index (χ0n) is 19.9. The van der Waals surface area contributed by atoms with E-state index in [0.29, 0.717) is 11.1 Å². The van der Waals surface area contributed by atoms with Crippen molar-refractivity contribution in [3.63, 3.8) is 0 Å². The Morgan fingerprint density at radius 2 is 0.838 bits per heavy atom. The number of benzene rings is 6. The van der Waals surface area contributed by atoms with E-state index in [-0.39, 0.29) is 0 Å². The van der Waals surface area contributed by atoms with Crippen LogP contribution in [0.4, 0.5) is 0 Å². The fourth-order valence-corrected chi connectivity index (χ4v) is 4.84. The second-order valence-corrected chi connectivity index (χ2v) is 8.90. The van der Waals surface area contributed by atoms with Gasteiger partial charge < -0.3 is 4.74 Å². The fraction of sp³-hybridized carbons (Fsp3) is 0. The summed E-state index contributed by atoms with van der Waals surface area (Å²) < 4.78 is 6.74. The molecule has 0 aromatic heterocycles. The highest BCUT2D eigenvalue weighted by molar-refractivity contribution is 6.02. The van der Waals surface area contributed by atoms with Crippen molar-refractivity contribution in [2.75, 3.05) is 0 Å². The molecule has 0 N–H and O–H groups in total. The summed E-state index contributed by atoms with van der Waals surface area (Å²) in [5.41, 5.74) is 5.12. The predicted molar refractivity (Wildman–Crippen MR) is 150 cm³/mol. The maximum Gasteiger partial charge on any atom is 0.150 e. The van der Waals surface area contributed by atoms with Gasteiger partial charge in [-0.1, -0.05) is 109 Å². The normalized spacial score (nSPS) is 10.9. The largest absolute Gasteiger partial charge is 0.456 e. The third-order valence-electron chi connectivity index (χ3n) is 6.67. The van der Waals surface area contributed by atoms with Crippen LogP contribution in [0.25, 0.3) is 43.8 Å². The summed E-state index contributed by atoms with van der Waals surface area (Å²) in [5.74, 6) is 1.44. The van der Waals surface area contributed by atoms with E-state index >= 15 is 0 Å². The molecule has 3 heteroatoms. The van der Waals surface area contributed by atoms with Crippen LogP contribution >= 0.6 is 0 Å².